The summed E-state index contributed by atoms with van der Waals surface area (Å²) in [4.78, 5) is 24.7. The van der Waals surface area contributed by atoms with Crippen LogP contribution in [0.4, 0.5) is 0 Å². The predicted molar refractivity (Wildman–Crippen MR) is 148 cm³/mol. The third-order valence-electron chi connectivity index (χ3n) is 7.68. The van der Waals surface area contributed by atoms with E-state index in [0.29, 0.717) is 12.8 Å². The summed E-state index contributed by atoms with van der Waals surface area (Å²) in [6, 6.07) is 0. The third-order valence-corrected chi connectivity index (χ3v) is 10.8. The molecule has 0 aliphatic carbocycles. The van der Waals surface area contributed by atoms with Crippen LogP contribution in [0, 0.1) is 0 Å². The number of piperidine rings is 1. The van der Waals surface area contributed by atoms with Crippen molar-refractivity contribution in [3.63, 3.8) is 0 Å². The molecule has 35 heavy (non-hydrogen) atoms. The molecule has 2 rings (SSSR count). The Bertz CT molecular complexity index is 686. The number of nitrogens with zero attached hydrogens (tertiary/aromatic N) is 1. The van der Waals surface area contributed by atoms with Crippen LogP contribution < -0.4 is 5.32 Å². The number of ether oxygens (including phenoxy) is 2. The molecule has 2 heterocycles. The molecule has 7 heteroatoms. The number of esters is 2. The highest BCUT2D eigenvalue weighted by atomic mass is 32.3. The summed E-state index contributed by atoms with van der Waals surface area (Å²) in [7, 11) is 1.29. The fraction of sp³-hybridized carbons (Fsp3) is 0.929. The minimum Gasteiger partial charge on any atom is -0.462 e. The van der Waals surface area contributed by atoms with Gasteiger partial charge in [0.05, 0.1) is 0 Å². The first-order valence-corrected chi connectivity index (χ1v) is 16.2. The summed E-state index contributed by atoms with van der Waals surface area (Å²) in [6.45, 7) is 13.2. The smallest absolute Gasteiger partial charge is 0.306 e. The van der Waals surface area contributed by atoms with E-state index in [1.807, 2.05) is 0 Å². The predicted octanol–water partition coefficient (Wildman–Crippen LogP) is 5.96. The number of carbonyl (C=O) groups is 2. The van der Waals surface area contributed by atoms with Gasteiger partial charge in [0, 0.05) is 54.5 Å². The molecule has 0 aromatic heterocycles. The van der Waals surface area contributed by atoms with E-state index in [1.165, 1.54) is 0 Å². The molecule has 6 nitrogen and oxygen atoms in total. The van der Waals surface area contributed by atoms with Crippen molar-refractivity contribution in [2.45, 2.75) is 141 Å². The molecular formula is C28H54N2O4S. The van der Waals surface area contributed by atoms with E-state index >= 15 is 0 Å². The van der Waals surface area contributed by atoms with Crippen molar-refractivity contribution in [2.24, 2.45) is 0 Å². The number of hydrogen-bond acceptors (Lipinski definition) is 6. The molecule has 0 radical (unpaired) electrons. The number of carbonyl (C=O) groups excluding carboxylic acids is 2. The monoisotopic (exact) mass is 514 g/mol. The lowest BCUT2D eigenvalue weighted by atomic mass is 9.81. The largest absolute Gasteiger partial charge is 0.462 e. The Morgan fingerprint density at radius 3 is 1.66 bits per heavy atom. The summed E-state index contributed by atoms with van der Waals surface area (Å²) in [6.07, 6.45) is 14.3. The van der Waals surface area contributed by atoms with Crippen molar-refractivity contribution in [1.82, 2.24) is 9.62 Å². The van der Waals surface area contributed by atoms with E-state index in [0.717, 1.165) is 63.5 Å². The van der Waals surface area contributed by atoms with Gasteiger partial charge in [0.25, 0.3) is 0 Å². The van der Waals surface area contributed by atoms with Gasteiger partial charge in [0.1, 0.15) is 12.2 Å². The molecule has 2 aliphatic heterocycles. The lowest BCUT2D eigenvalue weighted by Crippen LogP contribution is -2.59. The van der Waals surface area contributed by atoms with Crippen molar-refractivity contribution >= 4 is 22.2 Å². The average Bonchev–Trinajstić information content (AvgIpc) is 2.65. The van der Waals surface area contributed by atoms with E-state index in [9.17, 15) is 9.59 Å². The first kappa shape index (κ1) is 30.4. The Morgan fingerprint density at radius 1 is 0.771 bits per heavy atom. The first-order valence-electron chi connectivity index (χ1n) is 13.6. The molecule has 1 N–H and O–H groups in total. The highest BCUT2D eigenvalue weighted by Gasteiger charge is 2.42. The van der Waals surface area contributed by atoms with E-state index in [-0.39, 0.29) is 40.8 Å². The molecule has 206 valence electrons. The molecule has 0 spiro atoms. The van der Waals surface area contributed by atoms with Crippen LogP contribution in [0.3, 0.4) is 0 Å². The van der Waals surface area contributed by atoms with Gasteiger partial charge < -0.3 is 14.8 Å². The van der Waals surface area contributed by atoms with E-state index < -0.39 is 10.2 Å². The van der Waals surface area contributed by atoms with E-state index in [4.69, 9.17) is 9.47 Å². The van der Waals surface area contributed by atoms with Gasteiger partial charge in [-0.25, -0.2) is 0 Å². The van der Waals surface area contributed by atoms with Gasteiger partial charge in [-0.3, -0.25) is 13.9 Å². The molecule has 1 unspecified atom stereocenters. The highest BCUT2D eigenvalue weighted by Crippen LogP contribution is 2.53. The van der Waals surface area contributed by atoms with Gasteiger partial charge >= 0.3 is 11.9 Å². The second kappa shape index (κ2) is 12.2. The number of rotatable bonds is 11. The Kier molecular flexibility index (Phi) is 10.6. The first-order chi connectivity index (χ1) is 16.0. The van der Waals surface area contributed by atoms with Gasteiger partial charge in [0.2, 0.25) is 0 Å². The summed E-state index contributed by atoms with van der Waals surface area (Å²) in [5.74, 6) is 0.861. The Morgan fingerprint density at radius 2 is 1.20 bits per heavy atom. The van der Waals surface area contributed by atoms with Crippen LogP contribution in [0.5, 0.6) is 0 Å². The van der Waals surface area contributed by atoms with Crippen LogP contribution in [0.25, 0.3) is 0 Å². The van der Waals surface area contributed by atoms with Crippen LogP contribution in [0.2, 0.25) is 0 Å². The second-order valence-corrected chi connectivity index (χ2v) is 17.1. The number of nitrogens with one attached hydrogen (secondary N) is 1. The number of unbranched alkanes of at least 4 members (excludes halogenated alkanes) is 5. The lowest BCUT2D eigenvalue weighted by Gasteiger charge is -2.56. The van der Waals surface area contributed by atoms with Gasteiger partial charge in [-0.2, -0.15) is 10.2 Å². The van der Waals surface area contributed by atoms with Gasteiger partial charge in [-0.15, -0.1) is 0 Å². The fourth-order valence-electron chi connectivity index (χ4n) is 6.10. The highest BCUT2D eigenvalue weighted by molar-refractivity contribution is 8.30. The van der Waals surface area contributed by atoms with Crippen LogP contribution in [-0.4, -0.2) is 70.4 Å². The zero-order chi connectivity index (χ0) is 26.5. The quantitative estimate of drug-likeness (QED) is 0.271. The normalized spacial score (nSPS) is 26.6. The zero-order valence-electron chi connectivity index (χ0n) is 24.1. The zero-order valence-corrected chi connectivity index (χ0v) is 24.9. The maximum absolute atomic E-state index is 12.4. The third kappa shape index (κ3) is 10.2. The molecule has 0 aromatic carbocycles. The van der Waals surface area contributed by atoms with E-state index in [1.54, 1.807) is 0 Å². The molecular weight excluding hydrogens is 460 g/mol. The van der Waals surface area contributed by atoms with Crippen molar-refractivity contribution in [1.29, 1.82) is 0 Å². The SMILES string of the molecule is CN1C(C)(C)CC(OC(=O)CCCCCCCCC(=O)OC2CC(C)(C)NC(C)(C)C2)CS1(C)C. The molecule has 0 amide bonds. The fourth-order valence-corrected chi connectivity index (χ4v) is 8.84. The second-order valence-electron chi connectivity index (χ2n) is 13.3. The standard InChI is InChI=1S/C28H54N2O4S/c1-26(2)18-22(19-27(3,4)29-26)33-24(31)16-14-12-10-11-13-15-17-25(32)34-23-20-28(5,6)30(7)35(8,9)21-23/h22-23,29H,10-21H2,1-9H3. The van der Waals surface area contributed by atoms with Crippen molar-refractivity contribution in [2.75, 3.05) is 25.3 Å². The minimum absolute atomic E-state index is 0.00146. The van der Waals surface area contributed by atoms with Crippen LogP contribution >= 0.6 is 10.2 Å². The molecule has 2 saturated heterocycles. The summed E-state index contributed by atoms with van der Waals surface area (Å²) >= 11 is 0. The Hall–Kier alpha value is -0.790. The maximum atomic E-state index is 12.4. The van der Waals surface area contributed by atoms with Crippen LogP contribution in [0.1, 0.15) is 112 Å². The number of hydrogen-bond donors (Lipinski definition) is 1. The summed E-state index contributed by atoms with van der Waals surface area (Å²) < 4.78 is 14.2. The summed E-state index contributed by atoms with van der Waals surface area (Å²) in [5.41, 5.74) is 0.0378. The average molecular weight is 515 g/mol. The lowest BCUT2D eigenvalue weighted by molar-refractivity contribution is -0.153. The summed E-state index contributed by atoms with van der Waals surface area (Å²) in [5, 5.41) is 3.63. The molecule has 1 atom stereocenters. The topological polar surface area (TPSA) is 67.9 Å². The van der Waals surface area contributed by atoms with Crippen molar-refractivity contribution in [3.8, 4) is 0 Å². The molecule has 2 aliphatic rings. The Balaban J connectivity index is 1.53. The van der Waals surface area contributed by atoms with Crippen molar-refractivity contribution in [3.05, 3.63) is 0 Å². The van der Waals surface area contributed by atoms with Gasteiger partial charge in [0.15, 0.2) is 0 Å². The van der Waals surface area contributed by atoms with Crippen LogP contribution in [-0.2, 0) is 19.1 Å². The van der Waals surface area contributed by atoms with Gasteiger partial charge in [-0.05, 0) is 73.9 Å². The van der Waals surface area contributed by atoms with Crippen molar-refractivity contribution < 1.29 is 19.1 Å². The molecule has 0 saturated carbocycles. The van der Waals surface area contributed by atoms with E-state index in [2.05, 4.69) is 70.7 Å². The Labute approximate surface area is 217 Å². The molecule has 0 aromatic rings. The maximum Gasteiger partial charge on any atom is 0.306 e. The van der Waals surface area contributed by atoms with Crippen LogP contribution in [0.15, 0.2) is 0 Å². The van der Waals surface area contributed by atoms with Gasteiger partial charge in [-0.1, -0.05) is 25.7 Å². The molecule has 0 bridgehead atoms. The molecule has 2 fully saturated rings. The minimum atomic E-state index is -0.907.